The Morgan fingerprint density at radius 3 is 2.67 bits per heavy atom. The minimum absolute atomic E-state index is 0.0380. The molecular weight excluding hydrogens is 216 g/mol. The predicted octanol–water partition coefficient (Wildman–Crippen LogP) is 1.04. The van der Waals surface area contributed by atoms with E-state index < -0.39 is 0 Å². The van der Waals surface area contributed by atoms with Crippen LogP contribution in [0.5, 0.6) is 0 Å². The molecule has 0 radical (unpaired) electrons. The molecule has 1 atom stereocenters. The van der Waals surface area contributed by atoms with E-state index in [2.05, 4.69) is 4.98 Å². The van der Waals surface area contributed by atoms with Gasteiger partial charge in [0.15, 0.2) is 0 Å². The quantitative estimate of drug-likeness (QED) is 0.812. The second kappa shape index (κ2) is 5.30. The van der Waals surface area contributed by atoms with Crippen LogP contribution < -0.4 is 4.90 Å². The maximum Gasteiger partial charge on any atom is 0.147 e. The molecule has 1 aromatic heterocycles. The molecule has 0 saturated carbocycles. The molecule has 0 aliphatic rings. The Morgan fingerprint density at radius 2 is 2.20 bits per heavy atom. The summed E-state index contributed by atoms with van der Waals surface area (Å²) in [5, 5.41) is 18.4. The van der Waals surface area contributed by atoms with Crippen molar-refractivity contribution in [2.75, 3.05) is 18.6 Å². The highest BCUT2D eigenvalue weighted by molar-refractivity contribution is 6.33. The van der Waals surface area contributed by atoms with Crippen molar-refractivity contribution in [3.63, 3.8) is 0 Å². The molecule has 0 aromatic carbocycles. The molecule has 0 aliphatic carbocycles. The average Bonchev–Trinajstić information content (AvgIpc) is 2.26. The Hall–Kier alpha value is -0.840. The van der Waals surface area contributed by atoms with Gasteiger partial charge in [0.2, 0.25) is 0 Å². The first kappa shape index (κ1) is 12.2. The van der Waals surface area contributed by atoms with Gasteiger partial charge in [-0.05, 0) is 18.6 Å². The molecule has 5 heteroatoms. The van der Waals surface area contributed by atoms with Gasteiger partial charge in [-0.25, -0.2) is 4.98 Å². The molecule has 1 unspecified atom stereocenters. The van der Waals surface area contributed by atoms with E-state index in [-0.39, 0.29) is 19.3 Å². The van der Waals surface area contributed by atoms with Crippen molar-refractivity contribution in [1.82, 2.24) is 4.98 Å². The smallest absolute Gasteiger partial charge is 0.147 e. The Morgan fingerprint density at radius 1 is 1.53 bits per heavy atom. The molecule has 1 aromatic rings. The van der Waals surface area contributed by atoms with Gasteiger partial charge >= 0.3 is 0 Å². The average molecular weight is 231 g/mol. The fraction of sp³-hybridized carbons (Fsp3) is 0.500. The number of aliphatic hydroxyl groups excluding tert-OH is 2. The number of nitrogens with zero attached hydrogens (tertiary/aromatic N) is 2. The summed E-state index contributed by atoms with van der Waals surface area (Å²) in [6.45, 7) is 1.83. The van der Waals surface area contributed by atoms with Crippen LogP contribution in [-0.4, -0.2) is 34.9 Å². The molecule has 0 fully saturated rings. The van der Waals surface area contributed by atoms with E-state index >= 15 is 0 Å². The van der Waals surface area contributed by atoms with Crippen LogP contribution in [0.2, 0.25) is 5.02 Å². The van der Waals surface area contributed by atoms with Crippen molar-refractivity contribution >= 4 is 17.4 Å². The number of aromatic nitrogens is 1. The van der Waals surface area contributed by atoms with E-state index in [4.69, 9.17) is 21.8 Å². The van der Waals surface area contributed by atoms with E-state index in [1.54, 1.807) is 17.2 Å². The van der Waals surface area contributed by atoms with Gasteiger partial charge in [0, 0.05) is 13.2 Å². The van der Waals surface area contributed by atoms with Crippen molar-refractivity contribution in [2.24, 2.45) is 0 Å². The van der Waals surface area contributed by atoms with Crippen LogP contribution in [0.1, 0.15) is 12.5 Å². The minimum Gasteiger partial charge on any atom is -0.394 e. The third kappa shape index (κ3) is 2.81. The molecule has 15 heavy (non-hydrogen) atoms. The van der Waals surface area contributed by atoms with E-state index in [0.29, 0.717) is 16.4 Å². The molecule has 2 N–H and O–H groups in total. The zero-order valence-electron chi connectivity index (χ0n) is 8.81. The standard InChI is InChI=1S/C10H15ClN2O2/c1-7(5-14)13(2)10-9(11)3-8(6-15)4-12-10/h3-4,7,14-15H,5-6H2,1-2H3. The molecule has 0 aliphatic heterocycles. The lowest BCUT2D eigenvalue weighted by atomic mass is 10.2. The molecule has 0 amide bonds. The summed E-state index contributed by atoms with van der Waals surface area (Å²) < 4.78 is 0. The predicted molar refractivity (Wildman–Crippen MR) is 60.1 cm³/mol. The lowest BCUT2D eigenvalue weighted by molar-refractivity contribution is 0.269. The number of halogens is 1. The number of aliphatic hydroxyl groups is 2. The molecule has 1 heterocycles. The Labute approximate surface area is 94.1 Å². The van der Waals surface area contributed by atoms with Gasteiger partial charge in [-0.15, -0.1) is 0 Å². The van der Waals surface area contributed by atoms with Crippen LogP contribution in [0.25, 0.3) is 0 Å². The lowest BCUT2D eigenvalue weighted by Gasteiger charge is -2.25. The highest BCUT2D eigenvalue weighted by Crippen LogP contribution is 2.24. The van der Waals surface area contributed by atoms with Gasteiger partial charge in [-0.2, -0.15) is 0 Å². The fourth-order valence-corrected chi connectivity index (χ4v) is 1.47. The maximum absolute atomic E-state index is 9.01. The molecule has 84 valence electrons. The molecule has 0 bridgehead atoms. The molecule has 4 nitrogen and oxygen atoms in total. The van der Waals surface area contributed by atoms with Crippen LogP contribution in [0.4, 0.5) is 5.82 Å². The van der Waals surface area contributed by atoms with Gasteiger partial charge in [0.05, 0.1) is 24.3 Å². The Bertz CT molecular complexity index is 333. The molecule has 1 rings (SSSR count). The number of rotatable bonds is 4. The minimum atomic E-state index is -0.0771. The van der Waals surface area contributed by atoms with Crippen molar-refractivity contribution in [1.29, 1.82) is 0 Å². The van der Waals surface area contributed by atoms with Gasteiger partial charge in [-0.1, -0.05) is 11.6 Å². The fourth-order valence-electron chi connectivity index (χ4n) is 1.15. The second-order valence-corrected chi connectivity index (χ2v) is 3.86. The van der Waals surface area contributed by atoms with Crippen molar-refractivity contribution < 1.29 is 10.2 Å². The van der Waals surface area contributed by atoms with Crippen LogP contribution in [0.15, 0.2) is 12.3 Å². The van der Waals surface area contributed by atoms with Crippen LogP contribution >= 0.6 is 11.6 Å². The van der Waals surface area contributed by atoms with E-state index in [9.17, 15) is 0 Å². The zero-order valence-corrected chi connectivity index (χ0v) is 9.57. The highest BCUT2D eigenvalue weighted by Gasteiger charge is 2.13. The summed E-state index contributed by atoms with van der Waals surface area (Å²) in [7, 11) is 1.81. The maximum atomic E-state index is 9.01. The summed E-state index contributed by atoms with van der Waals surface area (Å²) in [6.07, 6.45) is 1.57. The van der Waals surface area contributed by atoms with E-state index in [1.807, 2.05) is 14.0 Å². The lowest BCUT2D eigenvalue weighted by Crippen LogP contribution is -2.32. The first-order valence-corrected chi connectivity index (χ1v) is 5.07. The topological polar surface area (TPSA) is 56.6 Å². The number of hydrogen-bond acceptors (Lipinski definition) is 4. The van der Waals surface area contributed by atoms with Crippen molar-refractivity contribution in [3.8, 4) is 0 Å². The Kier molecular flexibility index (Phi) is 4.32. The van der Waals surface area contributed by atoms with Gasteiger partial charge in [0.25, 0.3) is 0 Å². The van der Waals surface area contributed by atoms with Crippen LogP contribution in [-0.2, 0) is 6.61 Å². The van der Waals surface area contributed by atoms with Crippen LogP contribution in [0, 0.1) is 0 Å². The van der Waals surface area contributed by atoms with Gasteiger partial charge in [-0.3, -0.25) is 0 Å². The summed E-state index contributed by atoms with van der Waals surface area (Å²) in [4.78, 5) is 5.94. The first-order valence-electron chi connectivity index (χ1n) is 4.69. The second-order valence-electron chi connectivity index (χ2n) is 3.45. The van der Waals surface area contributed by atoms with Crippen LogP contribution in [0.3, 0.4) is 0 Å². The SMILES string of the molecule is CC(CO)N(C)c1ncc(CO)cc1Cl. The highest BCUT2D eigenvalue weighted by atomic mass is 35.5. The largest absolute Gasteiger partial charge is 0.394 e. The van der Waals surface area contributed by atoms with E-state index in [1.165, 1.54) is 0 Å². The molecule has 0 spiro atoms. The van der Waals surface area contributed by atoms with Crippen molar-refractivity contribution in [2.45, 2.75) is 19.6 Å². The number of anilines is 1. The normalized spacial score (nSPS) is 12.6. The first-order chi connectivity index (χ1) is 7.10. The number of pyridine rings is 1. The summed E-state index contributed by atoms with van der Waals surface area (Å²) >= 11 is 6.01. The van der Waals surface area contributed by atoms with Crippen molar-refractivity contribution in [3.05, 3.63) is 22.8 Å². The third-order valence-electron chi connectivity index (χ3n) is 2.32. The van der Waals surface area contributed by atoms with Gasteiger partial charge < -0.3 is 15.1 Å². The van der Waals surface area contributed by atoms with Gasteiger partial charge in [0.1, 0.15) is 5.82 Å². The zero-order chi connectivity index (χ0) is 11.4. The number of hydrogen-bond donors (Lipinski definition) is 2. The number of likely N-dealkylation sites (N-methyl/N-ethyl adjacent to an activating group) is 1. The van der Waals surface area contributed by atoms with E-state index in [0.717, 1.165) is 0 Å². The molecular formula is C10H15ClN2O2. The monoisotopic (exact) mass is 230 g/mol. The summed E-state index contributed by atoms with van der Waals surface area (Å²) in [5.41, 5.74) is 0.675. The Balaban J connectivity index is 2.95. The molecule has 0 saturated heterocycles. The summed E-state index contributed by atoms with van der Waals surface area (Å²) in [6, 6.07) is 1.62. The third-order valence-corrected chi connectivity index (χ3v) is 2.60. The summed E-state index contributed by atoms with van der Waals surface area (Å²) in [5.74, 6) is 0.607.